The van der Waals surface area contributed by atoms with E-state index < -0.39 is 46.4 Å². The van der Waals surface area contributed by atoms with Gasteiger partial charge in [0.25, 0.3) is 5.91 Å². The molecule has 0 fully saturated rings. The van der Waals surface area contributed by atoms with Crippen molar-refractivity contribution in [2.45, 2.75) is 110 Å². The van der Waals surface area contributed by atoms with Gasteiger partial charge in [0.2, 0.25) is 0 Å². The minimum Gasteiger partial charge on any atom is -0.480 e. The largest absolute Gasteiger partial charge is 0.480 e. The van der Waals surface area contributed by atoms with Crippen molar-refractivity contribution in [1.82, 2.24) is 24.8 Å². The Morgan fingerprint density at radius 3 is 1.91 bits per heavy atom. The number of hydrogen-bond acceptors (Lipinski definition) is 8. The molecule has 286 valence electrons. The first-order valence-electron chi connectivity index (χ1n) is 18.3. The summed E-state index contributed by atoms with van der Waals surface area (Å²) in [6, 6.07) is 12.4. The van der Waals surface area contributed by atoms with Crippen molar-refractivity contribution < 1.29 is 31.1 Å². The van der Waals surface area contributed by atoms with E-state index in [0.717, 1.165) is 48.1 Å². The van der Waals surface area contributed by atoms with E-state index in [1.54, 1.807) is 18.5 Å². The summed E-state index contributed by atoms with van der Waals surface area (Å²) in [5, 5.41) is 0. The van der Waals surface area contributed by atoms with Crippen LogP contribution in [0.1, 0.15) is 87.7 Å². The molecule has 2 aromatic heterocycles. The molecule has 0 unspecified atom stereocenters. The number of unbranched alkanes of at least 4 members (excludes halogenated alkanes) is 3. The van der Waals surface area contributed by atoms with E-state index >= 15 is 0 Å². The number of ether oxygens (including phenoxy) is 1. The molecule has 0 N–H and O–H groups in total. The average Bonchev–Trinajstić information content (AvgIpc) is 3.58. The standard InChI is InChI=1S/C23H20F3N3O4S.C4H3N2.3C4H9.Sn/c1-14(23(24,25)26)33-20-7-6-18(34(2,31)32)11-19(20)22(30)29-12-16-5-4-15(10-17(16)13-29)21-27-8-3-9-28-21;1-2-5-4-6-3-1;3*1-3-4-2;/h3-11,14H,12-13H2,1-2H3;1-3H;3*1,3-4H2,2H3;/t14-;;;;;/m0...../s1. The van der Waals surface area contributed by atoms with Gasteiger partial charge in [-0.2, -0.15) is 13.2 Å². The number of alkyl halides is 3. The Morgan fingerprint density at radius 2 is 1.38 bits per heavy atom. The summed E-state index contributed by atoms with van der Waals surface area (Å²) in [6.45, 7) is 8.14. The fraction of sp³-hybridized carbons (Fsp3) is 0.462. The molecule has 4 aromatic rings. The minimum atomic E-state index is -4.66. The molecule has 0 aliphatic carbocycles. The van der Waals surface area contributed by atoms with Crippen molar-refractivity contribution in [1.29, 1.82) is 0 Å². The van der Waals surface area contributed by atoms with Gasteiger partial charge in [0, 0.05) is 37.3 Å². The number of amides is 1. The predicted molar refractivity (Wildman–Crippen MR) is 203 cm³/mol. The number of aromatic nitrogens is 4. The second-order valence-corrected chi connectivity index (χ2v) is 28.5. The smallest absolute Gasteiger partial charge is 0.425 e. The molecule has 0 radical (unpaired) electrons. The molecule has 14 heteroatoms. The van der Waals surface area contributed by atoms with Crippen LogP contribution in [0.5, 0.6) is 5.75 Å². The summed E-state index contributed by atoms with van der Waals surface area (Å²) in [5.41, 5.74) is 2.20. The third kappa shape index (κ3) is 11.5. The zero-order valence-corrected chi connectivity index (χ0v) is 34.9. The average molecular weight is 861 g/mol. The maximum atomic E-state index is 13.3. The molecule has 2 aromatic carbocycles. The molecule has 1 atom stereocenters. The molecule has 53 heavy (non-hydrogen) atoms. The summed E-state index contributed by atoms with van der Waals surface area (Å²) >= 11 is -2.32. The maximum absolute atomic E-state index is 13.3. The maximum Gasteiger partial charge on any atom is 0.425 e. The van der Waals surface area contributed by atoms with Crippen LogP contribution in [0, 0.1) is 0 Å². The van der Waals surface area contributed by atoms with E-state index in [4.69, 9.17) is 14.7 Å². The van der Waals surface area contributed by atoms with Gasteiger partial charge in [-0.15, -0.1) is 0 Å². The Balaban J connectivity index is 0.000000281. The van der Waals surface area contributed by atoms with E-state index in [2.05, 4.69) is 30.7 Å². The van der Waals surface area contributed by atoms with Gasteiger partial charge in [0.15, 0.2) is 21.8 Å². The fourth-order valence-corrected chi connectivity index (χ4v) is 21.9. The van der Waals surface area contributed by atoms with Crippen molar-refractivity contribution in [3.05, 3.63) is 90.0 Å². The summed E-state index contributed by atoms with van der Waals surface area (Å²) in [7, 11) is -3.71. The predicted octanol–water partition coefficient (Wildman–Crippen LogP) is 8.57. The Morgan fingerprint density at radius 1 is 0.830 bits per heavy atom. The van der Waals surface area contributed by atoms with Crippen molar-refractivity contribution in [3.8, 4) is 17.1 Å². The normalized spacial score (nSPS) is 13.5. The summed E-state index contributed by atoms with van der Waals surface area (Å²) in [6.07, 6.45) is 9.31. The Hall–Kier alpha value is -3.59. The van der Waals surface area contributed by atoms with Crippen LogP contribution >= 0.6 is 0 Å². The first-order valence-corrected chi connectivity index (χ1v) is 27.6. The second-order valence-electron chi connectivity index (χ2n) is 13.6. The van der Waals surface area contributed by atoms with Crippen LogP contribution in [0.2, 0.25) is 13.3 Å². The first-order chi connectivity index (χ1) is 25.2. The van der Waals surface area contributed by atoms with Crippen molar-refractivity contribution >= 4 is 38.0 Å². The van der Waals surface area contributed by atoms with E-state index in [0.29, 0.717) is 5.82 Å². The van der Waals surface area contributed by atoms with E-state index in [1.165, 1.54) is 60.6 Å². The number of carbonyl (C=O) groups is 1. The van der Waals surface area contributed by atoms with E-state index in [-0.39, 0.29) is 29.3 Å². The van der Waals surface area contributed by atoms with Gasteiger partial charge in [0.1, 0.15) is 5.75 Å². The number of sulfone groups is 1. The van der Waals surface area contributed by atoms with Crippen molar-refractivity contribution in [2.75, 3.05) is 6.26 Å². The molecule has 3 heterocycles. The van der Waals surface area contributed by atoms with Crippen molar-refractivity contribution in [3.63, 3.8) is 0 Å². The molecule has 0 spiro atoms. The van der Waals surface area contributed by atoms with Gasteiger partial charge >= 0.3 is 129 Å². The van der Waals surface area contributed by atoms with E-state index in [9.17, 15) is 26.4 Å². The summed E-state index contributed by atoms with van der Waals surface area (Å²) in [4.78, 5) is 32.4. The van der Waals surface area contributed by atoms with Crippen LogP contribution in [0.3, 0.4) is 0 Å². The first kappa shape index (κ1) is 42.2. The van der Waals surface area contributed by atoms with Crippen LogP contribution in [0.4, 0.5) is 13.2 Å². The number of rotatable bonds is 15. The Bertz CT molecular complexity index is 1880. The molecule has 1 aliphatic heterocycles. The Kier molecular flexibility index (Phi) is 15.2. The quantitative estimate of drug-likeness (QED) is 0.109. The number of fused-ring (bicyclic) bond motifs is 1. The van der Waals surface area contributed by atoms with Gasteiger partial charge in [-0.05, 0) is 48.4 Å². The van der Waals surface area contributed by atoms with Gasteiger partial charge in [0.05, 0.1) is 10.5 Å². The number of benzene rings is 2. The molecule has 0 saturated heterocycles. The third-order valence-electron chi connectivity index (χ3n) is 9.48. The van der Waals surface area contributed by atoms with E-state index in [1.807, 2.05) is 36.7 Å². The number of nitrogens with zero attached hydrogens (tertiary/aromatic N) is 5. The van der Waals surface area contributed by atoms with Gasteiger partial charge in [-0.25, -0.2) is 18.4 Å². The molecule has 5 rings (SSSR count). The zero-order valence-electron chi connectivity index (χ0n) is 31.2. The van der Waals surface area contributed by atoms with Crippen molar-refractivity contribution in [2.24, 2.45) is 0 Å². The molecule has 1 aliphatic rings. The van der Waals surface area contributed by atoms with Crippen LogP contribution in [0.15, 0.2) is 78.2 Å². The number of carbonyl (C=O) groups excluding carboxylic acids is 1. The van der Waals surface area contributed by atoms with Gasteiger partial charge in [-0.1, -0.05) is 12.1 Å². The van der Waals surface area contributed by atoms with Crippen LogP contribution in [-0.4, -0.2) is 76.1 Å². The van der Waals surface area contributed by atoms with Gasteiger partial charge in [-0.3, -0.25) is 4.79 Å². The molecule has 0 bridgehead atoms. The minimum absolute atomic E-state index is 0.187. The summed E-state index contributed by atoms with van der Waals surface area (Å²) < 4.78 is 73.9. The molecule has 1 amide bonds. The van der Waals surface area contributed by atoms with Crippen LogP contribution in [-0.2, 0) is 22.9 Å². The van der Waals surface area contributed by atoms with Gasteiger partial charge < -0.3 is 9.64 Å². The molecular formula is C39H50F3N5O4SSn. The molecule has 9 nitrogen and oxygen atoms in total. The Labute approximate surface area is 315 Å². The zero-order chi connectivity index (χ0) is 38.6. The number of hydrogen-bond donors (Lipinski definition) is 0. The number of halogens is 3. The topological polar surface area (TPSA) is 115 Å². The second kappa shape index (κ2) is 19.1. The van der Waals surface area contributed by atoms with Crippen LogP contribution in [0.25, 0.3) is 11.4 Å². The summed E-state index contributed by atoms with van der Waals surface area (Å²) in [5.74, 6) is -0.451. The van der Waals surface area contributed by atoms with Crippen LogP contribution < -0.4 is 8.58 Å². The molecule has 0 saturated carbocycles. The molecular weight excluding hydrogens is 810 g/mol. The monoisotopic (exact) mass is 861 g/mol. The third-order valence-corrected chi connectivity index (χ3v) is 25.3. The SMILES string of the molecule is CCC[CH2][Sn]([CH2]CCC)([CH2]CCC)[c]1ncccn1.C[C@H](Oc1ccc(S(C)(=O)=O)cc1C(=O)N1Cc2ccc(-c3ncccn3)cc2C1)C(F)(F)F. The fourth-order valence-electron chi connectivity index (χ4n) is 6.39.